The van der Waals surface area contributed by atoms with E-state index in [1.54, 1.807) is 6.07 Å². The van der Waals surface area contributed by atoms with Crippen LogP contribution >= 0.6 is 11.3 Å². The fourth-order valence-corrected chi connectivity index (χ4v) is 3.55. The summed E-state index contributed by atoms with van der Waals surface area (Å²) >= 11 is 1.37. The molecule has 5 nitrogen and oxygen atoms in total. The molecule has 6 heteroatoms. The van der Waals surface area contributed by atoms with E-state index in [2.05, 4.69) is 21.7 Å². The van der Waals surface area contributed by atoms with Crippen LogP contribution in [0.4, 0.5) is 0 Å². The van der Waals surface area contributed by atoms with Crippen LogP contribution in [0.5, 0.6) is 0 Å². The largest absolute Gasteiger partial charge is 0.361 e. The molecule has 26 heavy (non-hydrogen) atoms. The second kappa shape index (κ2) is 8.19. The van der Waals surface area contributed by atoms with Gasteiger partial charge in [0.2, 0.25) is 5.91 Å². The van der Waals surface area contributed by atoms with Crippen molar-refractivity contribution < 1.29 is 9.59 Å². The Bertz CT molecular complexity index is 883. The highest BCUT2D eigenvalue weighted by atomic mass is 32.1. The molecule has 3 N–H and O–H groups in total. The smallest absolute Gasteiger partial charge is 0.262 e. The van der Waals surface area contributed by atoms with Gasteiger partial charge in [-0.3, -0.25) is 9.59 Å². The van der Waals surface area contributed by atoms with Crippen LogP contribution < -0.4 is 10.6 Å². The summed E-state index contributed by atoms with van der Waals surface area (Å²) in [6.07, 6.45) is 2.72. The van der Waals surface area contributed by atoms with E-state index in [0.717, 1.165) is 11.9 Å². The number of rotatable bonds is 7. The van der Waals surface area contributed by atoms with Gasteiger partial charge in [-0.05, 0) is 35.4 Å². The molecule has 0 unspecified atom stereocenters. The van der Waals surface area contributed by atoms with E-state index in [1.807, 2.05) is 49.7 Å². The van der Waals surface area contributed by atoms with Crippen LogP contribution in [0.1, 0.15) is 29.1 Å². The number of para-hydroxylation sites is 1. The lowest BCUT2D eigenvalue weighted by Gasteiger charge is -2.21. The van der Waals surface area contributed by atoms with Gasteiger partial charge in [0, 0.05) is 23.6 Å². The maximum Gasteiger partial charge on any atom is 0.262 e. The van der Waals surface area contributed by atoms with Gasteiger partial charge in [0.05, 0.1) is 4.88 Å². The fourth-order valence-electron chi connectivity index (χ4n) is 2.92. The van der Waals surface area contributed by atoms with Gasteiger partial charge in [0.25, 0.3) is 5.91 Å². The number of carbonyl (C=O) groups excluding carboxylic acids is 2. The average molecular weight is 369 g/mol. The summed E-state index contributed by atoms with van der Waals surface area (Å²) in [5, 5.41) is 8.82. The summed E-state index contributed by atoms with van der Waals surface area (Å²) < 4.78 is 0. The third-order valence-corrected chi connectivity index (χ3v) is 5.22. The number of nitrogens with one attached hydrogen (secondary N) is 3. The zero-order valence-corrected chi connectivity index (χ0v) is 15.7. The molecule has 136 valence electrons. The minimum atomic E-state index is -0.549. The molecule has 2 heterocycles. The van der Waals surface area contributed by atoms with Crippen LogP contribution in [0.2, 0.25) is 0 Å². The molecule has 1 aromatic carbocycles. The highest BCUT2D eigenvalue weighted by molar-refractivity contribution is 7.12. The highest BCUT2D eigenvalue weighted by Gasteiger charge is 2.24. The van der Waals surface area contributed by atoms with Crippen LogP contribution in [-0.4, -0.2) is 29.4 Å². The van der Waals surface area contributed by atoms with E-state index >= 15 is 0 Å². The van der Waals surface area contributed by atoms with Gasteiger partial charge in [-0.1, -0.05) is 38.1 Å². The van der Waals surface area contributed by atoms with E-state index in [-0.39, 0.29) is 17.7 Å². The molecule has 1 atom stereocenters. The summed E-state index contributed by atoms with van der Waals surface area (Å²) in [6.45, 7) is 4.38. The van der Waals surface area contributed by atoms with Crippen LogP contribution in [0.3, 0.4) is 0 Å². The number of amides is 2. The van der Waals surface area contributed by atoms with E-state index in [1.165, 1.54) is 22.3 Å². The Morgan fingerprint density at radius 1 is 1.15 bits per heavy atom. The van der Waals surface area contributed by atoms with Crippen molar-refractivity contribution in [3.8, 4) is 0 Å². The Morgan fingerprint density at radius 2 is 1.96 bits per heavy atom. The van der Waals surface area contributed by atoms with Gasteiger partial charge in [-0.2, -0.15) is 0 Å². The van der Waals surface area contributed by atoms with E-state index in [0.29, 0.717) is 11.4 Å². The van der Waals surface area contributed by atoms with Crippen LogP contribution in [0.15, 0.2) is 48.0 Å². The van der Waals surface area contributed by atoms with E-state index < -0.39 is 6.04 Å². The zero-order valence-electron chi connectivity index (χ0n) is 14.9. The molecular weight excluding hydrogens is 346 g/mol. The third kappa shape index (κ3) is 4.14. The summed E-state index contributed by atoms with van der Waals surface area (Å²) in [6, 6.07) is 11.1. The van der Waals surface area contributed by atoms with Gasteiger partial charge in [0.1, 0.15) is 6.04 Å². The normalized spacial score (nSPS) is 12.3. The number of aromatic amines is 1. The number of carbonyl (C=O) groups is 2. The SMILES string of the molecule is CC(C)[C@@H](NC(=O)c1cccs1)C(=O)NCCc1c[nH]c2ccccc12. The molecule has 0 saturated carbocycles. The number of thiophene rings is 1. The summed E-state index contributed by atoms with van der Waals surface area (Å²) in [5.74, 6) is -0.345. The molecule has 0 bridgehead atoms. The third-order valence-electron chi connectivity index (χ3n) is 4.35. The second-order valence-electron chi connectivity index (χ2n) is 6.57. The first-order valence-corrected chi connectivity index (χ1v) is 9.61. The molecule has 0 aliphatic carbocycles. The fraction of sp³-hybridized carbons (Fsp3) is 0.300. The maximum atomic E-state index is 12.6. The molecule has 2 aromatic heterocycles. The van der Waals surface area contributed by atoms with Gasteiger partial charge >= 0.3 is 0 Å². The maximum absolute atomic E-state index is 12.6. The number of hydrogen-bond acceptors (Lipinski definition) is 3. The lowest BCUT2D eigenvalue weighted by molar-refractivity contribution is -0.123. The predicted octanol–water partition coefficient (Wildman–Crippen LogP) is 3.34. The lowest BCUT2D eigenvalue weighted by atomic mass is 10.0. The summed E-state index contributed by atoms with van der Waals surface area (Å²) in [7, 11) is 0. The second-order valence-corrected chi connectivity index (χ2v) is 7.52. The standard InChI is InChI=1S/C20H23N3O2S/c1-13(2)18(23-19(24)17-8-5-11-26-17)20(25)21-10-9-14-12-22-16-7-4-3-6-15(14)16/h3-8,11-13,18,22H,9-10H2,1-2H3,(H,21,25)(H,23,24)/t18-/m1/s1. The summed E-state index contributed by atoms with van der Waals surface area (Å²) in [4.78, 5) is 28.7. The molecule has 0 fully saturated rings. The molecule has 0 aliphatic heterocycles. The van der Waals surface area contributed by atoms with Crippen molar-refractivity contribution in [2.24, 2.45) is 5.92 Å². The first-order chi connectivity index (χ1) is 12.6. The number of hydrogen-bond donors (Lipinski definition) is 3. The monoisotopic (exact) mass is 369 g/mol. The van der Waals surface area contributed by atoms with Crippen molar-refractivity contribution in [2.45, 2.75) is 26.3 Å². The van der Waals surface area contributed by atoms with Crippen molar-refractivity contribution in [2.75, 3.05) is 6.54 Å². The molecule has 3 rings (SSSR count). The van der Waals surface area contributed by atoms with E-state index in [9.17, 15) is 9.59 Å². The van der Waals surface area contributed by atoms with Crippen molar-refractivity contribution in [3.05, 3.63) is 58.4 Å². The predicted molar refractivity (Wildman–Crippen MR) is 105 cm³/mol. The Morgan fingerprint density at radius 3 is 2.69 bits per heavy atom. The Kier molecular flexibility index (Phi) is 5.73. The van der Waals surface area contributed by atoms with Crippen LogP contribution in [-0.2, 0) is 11.2 Å². The number of benzene rings is 1. The van der Waals surface area contributed by atoms with Gasteiger partial charge in [-0.15, -0.1) is 11.3 Å². The van der Waals surface area contributed by atoms with Gasteiger partial charge in [-0.25, -0.2) is 0 Å². The highest BCUT2D eigenvalue weighted by Crippen LogP contribution is 2.17. The zero-order chi connectivity index (χ0) is 18.5. The number of H-pyrrole nitrogens is 1. The number of fused-ring (bicyclic) bond motifs is 1. The van der Waals surface area contributed by atoms with Crippen molar-refractivity contribution >= 4 is 34.1 Å². The number of aromatic nitrogens is 1. The Hall–Kier alpha value is -2.60. The van der Waals surface area contributed by atoms with Crippen molar-refractivity contribution in [1.82, 2.24) is 15.6 Å². The molecule has 0 radical (unpaired) electrons. The first-order valence-electron chi connectivity index (χ1n) is 8.73. The van der Waals surface area contributed by atoms with Crippen molar-refractivity contribution in [3.63, 3.8) is 0 Å². The van der Waals surface area contributed by atoms with Gasteiger partial charge < -0.3 is 15.6 Å². The van der Waals surface area contributed by atoms with Crippen LogP contribution in [0.25, 0.3) is 10.9 Å². The minimum absolute atomic E-state index is 0.00648. The van der Waals surface area contributed by atoms with Crippen LogP contribution in [0, 0.1) is 5.92 Å². The molecular formula is C20H23N3O2S. The molecule has 3 aromatic rings. The van der Waals surface area contributed by atoms with E-state index in [4.69, 9.17) is 0 Å². The van der Waals surface area contributed by atoms with Crippen molar-refractivity contribution in [1.29, 1.82) is 0 Å². The van der Waals surface area contributed by atoms with Gasteiger partial charge in [0.15, 0.2) is 0 Å². The summed E-state index contributed by atoms with van der Waals surface area (Å²) in [5.41, 5.74) is 2.27. The Labute approximate surface area is 156 Å². The first kappa shape index (κ1) is 18.2. The minimum Gasteiger partial charge on any atom is -0.361 e. The lowest BCUT2D eigenvalue weighted by Crippen LogP contribution is -2.49. The average Bonchev–Trinajstić information content (AvgIpc) is 3.29. The molecule has 0 spiro atoms. The quantitative estimate of drug-likeness (QED) is 0.597. The molecule has 2 amide bonds. The topological polar surface area (TPSA) is 74.0 Å². The molecule has 0 saturated heterocycles. The Balaban J connectivity index is 1.57. The molecule has 0 aliphatic rings.